The molecule has 4 rings (SSSR count). The highest BCUT2D eigenvalue weighted by Crippen LogP contribution is 2.33. The number of rotatable bonds is 8. The average molecular weight is 496 g/mol. The second kappa shape index (κ2) is 10.8. The average Bonchev–Trinajstić information content (AvgIpc) is 2.86. The summed E-state index contributed by atoms with van der Waals surface area (Å²) in [5.41, 5.74) is 3.22. The maximum atomic E-state index is 13.6. The van der Waals surface area contributed by atoms with Crippen LogP contribution >= 0.6 is 0 Å². The molecule has 1 heterocycles. The van der Waals surface area contributed by atoms with E-state index in [0.29, 0.717) is 49.1 Å². The van der Waals surface area contributed by atoms with Gasteiger partial charge in [-0.3, -0.25) is 9.52 Å². The lowest BCUT2D eigenvalue weighted by Gasteiger charge is -2.30. The number of ether oxygens (including phenoxy) is 2. The molecule has 0 atom stereocenters. The van der Waals surface area contributed by atoms with Crippen LogP contribution in [0.5, 0.6) is 5.75 Å². The third kappa shape index (κ3) is 5.93. The van der Waals surface area contributed by atoms with E-state index in [1.807, 2.05) is 36.1 Å². The molecule has 0 aliphatic carbocycles. The standard InChI is InChI=1S/C26H29N3O5S/c1-19-7-3-4-8-20(19)17-26(30)27-21-11-12-23(29-13-15-34-16-14-29)25(18-21)35(31,32)28-22-9-5-6-10-24(22)33-2/h3-12,18,28H,13-17H2,1-2H3,(H,27,30). The number of aryl methyl sites for hydroxylation is 1. The van der Waals surface area contributed by atoms with Crippen LogP contribution in [0.25, 0.3) is 0 Å². The van der Waals surface area contributed by atoms with E-state index in [0.717, 1.165) is 11.1 Å². The highest BCUT2D eigenvalue weighted by atomic mass is 32.2. The molecule has 0 saturated carbocycles. The molecule has 0 radical (unpaired) electrons. The number of anilines is 3. The lowest BCUT2D eigenvalue weighted by atomic mass is 10.1. The van der Waals surface area contributed by atoms with E-state index in [9.17, 15) is 13.2 Å². The summed E-state index contributed by atoms with van der Waals surface area (Å²) < 4.78 is 40.5. The number of benzene rings is 3. The molecule has 0 bridgehead atoms. The van der Waals surface area contributed by atoms with Crippen molar-refractivity contribution in [1.82, 2.24) is 0 Å². The number of amides is 1. The van der Waals surface area contributed by atoms with Crippen molar-refractivity contribution in [1.29, 1.82) is 0 Å². The zero-order valence-corrected chi connectivity index (χ0v) is 20.6. The molecule has 8 nitrogen and oxygen atoms in total. The van der Waals surface area contributed by atoms with E-state index in [2.05, 4.69) is 10.0 Å². The van der Waals surface area contributed by atoms with Gasteiger partial charge in [0.1, 0.15) is 10.6 Å². The molecule has 1 aliphatic heterocycles. The van der Waals surface area contributed by atoms with Gasteiger partial charge >= 0.3 is 0 Å². The summed E-state index contributed by atoms with van der Waals surface area (Å²) in [6.45, 7) is 4.10. The van der Waals surface area contributed by atoms with Gasteiger partial charge in [0, 0.05) is 18.8 Å². The van der Waals surface area contributed by atoms with Crippen molar-refractivity contribution in [3.8, 4) is 5.75 Å². The monoisotopic (exact) mass is 495 g/mol. The van der Waals surface area contributed by atoms with Crippen molar-refractivity contribution < 1.29 is 22.7 Å². The van der Waals surface area contributed by atoms with E-state index in [4.69, 9.17) is 9.47 Å². The lowest BCUT2D eigenvalue weighted by Crippen LogP contribution is -2.37. The number of para-hydroxylation sites is 2. The Bertz CT molecular complexity index is 1300. The number of methoxy groups -OCH3 is 1. The van der Waals surface area contributed by atoms with Crippen LogP contribution in [0.15, 0.2) is 71.6 Å². The number of hydrogen-bond acceptors (Lipinski definition) is 6. The minimum atomic E-state index is -4.01. The smallest absolute Gasteiger partial charge is 0.264 e. The highest BCUT2D eigenvalue weighted by Gasteiger charge is 2.25. The molecule has 3 aromatic rings. The van der Waals surface area contributed by atoms with Crippen molar-refractivity contribution in [2.24, 2.45) is 0 Å². The molecule has 184 valence electrons. The molecule has 0 aromatic heterocycles. The Kier molecular flexibility index (Phi) is 7.57. The molecular formula is C26H29N3O5S. The van der Waals surface area contributed by atoms with Crippen LogP contribution in [0.2, 0.25) is 0 Å². The molecule has 9 heteroatoms. The van der Waals surface area contributed by atoms with Gasteiger partial charge in [0.2, 0.25) is 5.91 Å². The zero-order chi connectivity index (χ0) is 24.8. The molecule has 0 spiro atoms. The van der Waals surface area contributed by atoms with Crippen molar-refractivity contribution in [3.05, 3.63) is 77.9 Å². The SMILES string of the molecule is COc1ccccc1NS(=O)(=O)c1cc(NC(=O)Cc2ccccc2C)ccc1N1CCOCC1. The molecule has 1 saturated heterocycles. The second-order valence-electron chi connectivity index (χ2n) is 8.24. The third-order valence-electron chi connectivity index (χ3n) is 5.85. The molecular weight excluding hydrogens is 466 g/mol. The first-order valence-electron chi connectivity index (χ1n) is 11.3. The van der Waals surface area contributed by atoms with Crippen molar-refractivity contribution in [3.63, 3.8) is 0 Å². The van der Waals surface area contributed by atoms with Crippen LogP contribution in [-0.4, -0.2) is 47.7 Å². The minimum absolute atomic E-state index is 0.0685. The second-order valence-corrected chi connectivity index (χ2v) is 9.89. The topological polar surface area (TPSA) is 97.0 Å². The molecule has 35 heavy (non-hydrogen) atoms. The number of carbonyl (C=O) groups is 1. The Morgan fingerprint density at radius 1 is 1.03 bits per heavy atom. The van der Waals surface area contributed by atoms with Crippen LogP contribution in [0.4, 0.5) is 17.1 Å². The fourth-order valence-electron chi connectivity index (χ4n) is 3.99. The first-order chi connectivity index (χ1) is 16.9. The van der Waals surface area contributed by atoms with Gasteiger partial charge in [-0.25, -0.2) is 8.42 Å². The Hall–Kier alpha value is -3.56. The summed E-state index contributed by atoms with van der Waals surface area (Å²) in [4.78, 5) is 14.8. The van der Waals surface area contributed by atoms with Crippen LogP contribution in [-0.2, 0) is 26.0 Å². The van der Waals surface area contributed by atoms with Gasteiger partial charge in [-0.1, -0.05) is 36.4 Å². The Morgan fingerprint density at radius 3 is 2.49 bits per heavy atom. The van der Waals surface area contributed by atoms with E-state index >= 15 is 0 Å². The van der Waals surface area contributed by atoms with Crippen molar-refractivity contribution in [2.75, 3.05) is 48.4 Å². The summed E-state index contributed by atoms with van der Waals surface area (Å²) in [5, 5.41) is 2.85. The lowest BCUT2D eigenvalue weighted by molar-refractivity contribution is -0.115. The Balaban J connectivity index is 1.65. The van der Waals surface area contributed by atoms with Gasteiger partial charge in [0.05, 0.1) is 38.1 Å². The minimum Gasteiger partial charge on any atom is -0.495 e. The number of carbonyl (C=O) groups excluding carboxylic acids is 1. The normalized spacial score (nSPS) is 13.8. The summed E-state index contributed by atoms with van der Waals surface area (Å²) in [5.74, 6) is 0.186. The molecule has 1 aliphatic rings. The number of nitrogens with one attached hydrogen (secondary N) is 2. The van der Waals surface area contributed by atoms with Gasteiger partial charge < -0.3 is 19.7 Å². The summed E-state index contributed by atoms with van der Waals surface area (Å²) in [6.07, 6.45) is 0.194. The quantitative estimate of drug-likeness (QED) is 0.493. The summed E-state index contributed by atoms with van der Waals surface area (Å²) in [7, 11) is -2.53. The van der Waals surface area contributed by atoms with Crippen LogP contribution in [0.1, 0.15) is 11.1 Å². The fourth-order valence-corrected chi connectivity index (χ4v) is 5.31. The van der Waals surface area contributed by atoms with E-state index in [1.54, 1.807) is 36.4 Å². The highest BCUT2D eigenvalue weighted by molar-refractivity contribution is 7.93. The van der Waals surface area contributed by atoms with Gasteiger partial charge in [-0.2, -0.15) is 0 Å². The molecule has 0 unspecified atom stereocenters. The van der Waals surface area contributed by atoms with Crippen LogP contribution in [0.3, 0.4) is 0 Å². The van der Waals surface area contributed by atoms with E-state index < -0.39 is 10.0 Å². The maximum Gasteiger partial charge on any atom is 0.264 e. The molecule has 1 fully saturated rings. The first kappa shape index (κ1) is 24.6. The fraction of sp³-hybridized carbons (Fsp3) is 0.269. The van der Waals surface area contributed by atoms with Gasteiger partial charge in [0.25, 0.3) is 10.0 Å². The number of hydrogen-bond donors (Lipinski definition) is 2. The Morgan fingerprint density at radius 2 is 1.74 bits per heavy atom. The molecule has 2 N–H and O–H groups in total. The number of nitrogens with zero attached hydrogens (tertiary/aromatic N) is 1. The van der Waals surface area contributed by atoms with Gasteiger partial charge in [-0.15, -0.1) is 0 Å². The van der Waals surface area contributed by atoms with E-state index in [-0.39, 0.29) is 17.2 Å². The van der Waals surface area contributed by atoms with Crippen LogP contribution < -0.4 is 19.7 Å². The van der Waals surface area contributed by atoms with Gasteiger partial charge in [-0.05, 0) is 48.4 Å². The van der Waals surface area contributed by atoms with Crippen LogP contribution in [0, 0.1) is 6.92 Å². The predicted molar refractivity (Wildman–Crippen MR) is 137 cm³/mol. The Labute approximate surface area is 205 Å². The summed E-state index contributed by atoms with van der Waals surface area (Å²) >= 11 is 0. The molecule has 1 amide bonds. The number of morpholine rings is 1. The predicted octanol–water partition coefficient (Wildman–Crippen LogP) is 3.82. The largest absolute Gasteiger partial charge is 0.495 e. The maximum absolute atomic E-state index is 13.6. The number of sulfonamides is 1. The zero-order valence-electron chi connectivity index (χ0n) is 19.8. The van der Waals surface area contributed by atoms with E-state index in [1.165, 1.54) is 13.2 Å². The first-order valence-corrected chi connectivity index (χ1v) is 12.8. The van der Waals surface area contributed by atoms with Crippen molar-refractivity contribution in [2.45, 2.75) is 18.2 Å². The van der Waals surface area contributed by atoms with Crippen molar-refractivity contribution >= 4 is 33.0 Å². The summed E-state index contributed by atoms with van der Waals surface area (Å²) in [6, 6.07) is 19.4. The molecule has 3 aromatic carbocycles. The van der Waals surface area contributed by atoms with Gasteiger partial charge in [0.15, 0.2) is 0 Å². The third-order valence-corrected chi connectivity index (χ3v) is 7.24.